The van der Waals surface area contributed by atoms with E-state index in [9.17, 15) is 14.4 Å². The number of carbonyl (C=O) groups excluding carboxylic acids is 3. The summed E-state index contributed by atoms with van der Waals surface area (Å²) in [4.78, 5) is 40.1. The predicted molar refractivity (Wildman–Crippen MR) is 134 cm³/mol. The highest BCUT2D eigenvalue weighted by molar-refractivity contribution is 5.81. The van der Waals surface area contributed by atoms with Crippen LogP contribution in [0.3, 0.4) is 0 Å². The smallest absolute Gasteiger partial charge is 0.410 e. The Morgan fingerprint density at radius 3 is 2.36 bits per heavy atom. The summed E-state index contributed by atoms with van der Waals surface area (Å²) in [5.41, 5.74) is 5.24. The number of rotatable bonds is 5. The summed E-state index contributed by atoms with van der Waals surface area (Å²) in [6.45, 7) is 6.36. The first kappa shape index (κ1) is 24.9. The average molecular weight is 498 g/mol. The lowest BCUT2D eigenvalue weighted by molar-refractivity contribution is -0.161. The van der Waals surface area contributed by atoms with Crippen molar-refractivity contribution < 1.29 is 23.9 Å². The lowest BCUT2D eigenvalue weighted by Crippen LogP contribution is -2.59. The number of nitrogens with one attached hydrogen (secondary N) is 1. The van der Waals surface area contributed by atoms with Crippen molar-refractivity contribution in [3.05, 3.63) is 35.9 Å². The molecule has 4 saturated carbocycles. The number of carbonyl (C=O) groups is 3. The van der Waals surface area contributed by atoms with E-state index in [0.717, 1.165) is 37.7 Å². The van der Waals surface area contributed by atoms with Crippen LogP contribution in [0.15, 0.2) is 30.3 Å². The van der Waals surface area contributed by atoms with Gasteiger partial charge < -0.3 is 25.4 Å². The Kier molecular flexibility index (Phi) is 6.20. The van der Waals surface area contributed by atoms with Gasteiger partial charge in [-0.05, 0) is 89.0 Å². The fourth-order valence-corrected chi connectivity index (χ4v) is 7.49. The van der Waals surface area contributed by atoms with Crippen LogP contribution in [0, 0.1) is 23.2 Å². The molecule has 196 valence electrons. The van der Waals surface area contributed by atoms with Gasteiger partial charge in [0.1, 0.15) is 11.7 Å². The summed E-state index contributed by atoms with van der Waals surface area (Å²) >= 11 is 0. The highest BCUT2D eigenvalue weighted by Gasteiger charge is 2.59. The third-order valence-electron chi connectivity index (χ3n) is 8.71. The fraction of sp³-hybridized carbons (Fsp3) is 0.679. The molecule has 1 saturated heterocycles. The van der Waals surface area contributed by atoms with E-state index in [1.165, 1.54) is 0 Å². The van der Waals surface area contributed by atoms with Crippen LogP contribution in [0.5, 0.6) is 0 Å². The topological polar surface area (TPSA) is 111 Å². The number of alkyl carbamates (subject to hydrolysis) is 1. The number of likely N-dealkylation sites (tertiary alicyclic amines) is 1. The number of nitrogens with two attached hydrogens (primary N) is 1. The van der Waals surface area contributed by atoms with E-state index in [4.69, 9.17) is 15.2 Å². The number of amides is 3. The van der Waals surface area contributed by atoms with Crippen LogP contribution in [-0.2, 0) is 20.7 Å². The van der Waals surface area contributed by atoms with Crippen molar-refractivity contribution in [2.24, 2.45) is 28.9 Å². The molecule has 0 radical (unpaired) electrons. The molecule has 0 aromatic heterocycles. The van der Waals surface area contributed by atoms with E-state index in [1.54, 1.807) is 4.90 Å². The largest absolute Gasteiger partial charge is 0.446 e. The van der Waals surface area contributed by atoms with Gasteiger partial charge in [-0.3, -0.25) is 4.79 Å². The fourth-order valence-electron chi connectivity index (χ4n) is 7.49. The minimum atomic E-state index is -0.636. The second-order valence-electron chi connectivity index (χ2n) is 12.7. The first-order valence-electron chi connectivity index (χ1n) is 13.3. The molecule has 8 heteroatoms. The van der Waals surface area contributed by atoms with Crippen LogP contribution in [0.1, 0.15) is 64.9 Å². The molecular weight excluding hydrogens is 458 g/mol. The Morgan fingerprint density at radius 1 is 1.08 bits per heavy atom. The molecule has 1 heterocycles. The third kappa shape index (κ3) is 4.91. The first-order chi connectivity index (χ1) is 17.0. The Hall–Kier alpha value is -2.77. The van der Waals surface area contributed by atoms with Gasteiger partial charge in [-0.25, -0.2) is 9.59 Å². The molecule has 3 atom stereocenters. The lowest BCUT2D eigenvalue weighted by Gasteiger charge is -2.58. The highest BCUT2D eigenvalue weighted by atomic mass is 16.6. The summed E-state index contributed by atoms with van der Waals surface area (Å²) in [5, 5.41) is 3.09. The Bertz CT molecular complexity index is 1010. The van der Waals surface area contributed by atoms with E-state index < -0.39 is 22.6 Å². The third-order valence-corrected chi connectivity index (χ3v) is 8.71. The molecule has 3 amide bonds. The van der Waals surface area contributed by atoms with Gasteiger partial charge >= 0.3 is 12.2 Å². The van der Waals surface area contributed by atoms with Crippen molar-refractivity contribution in [2.75, 3.05) is 13.1 Å². The maximum absolute atomic E-state index is 13.4. The van der Waals surface area contributed by atoms with E-state index in [2.05, 4.69) is 5.32 Å². The molecule has 1 aromatic rings. The molecule has 1 aliphatic heterocycles. The summed E-state index contributed by atoms with van der Waals surface area (Å²) in [6, 6.07) is 9.97. The zero-order valence-corrected chi connectivity index (χ0v) is 21.6. The van der Waals surface area contributed by atoms with Crippen molar-refractivity contribution in [3.63, 3.8) is 0 Å². The van der Waals surface area contributed by atoms with Gasteiger partial charge in [-0.1, -0.05) is 30.3 Å². The van der Waals surface area contributed by atoms with Gasteiger partial charge in [0.05, 0.1) is 11.0 Å². The van der Waals surface area contributed by atoms with Gasteiger partial charge in [0.15, 0.2) is 0 Å². The zero-order chi connectivity index (χ0) is 25.7. The standard InChI is InChI=1S/C28H39N3O5/c1-26(2,3)36-24(33)30-28(14-18-7-5-4-6-8-18)9-10-31(17-28)25(34)35-22-20-11-19-12-21(22)16-27(13-19,15-20)23(29)32/h4-8,19-22H,9-17H2,1-3H3,(H2,29,32)(H,30,33)/t19?,20-,21-,22?,27?,28?/m1/s1. The van der Waals surface area contributed by atoms with E-state index in [-0.39, 0.29) is 29.9 Å². The predicted octanol–water partition coefficient (Wildman–Crippen LogP) is 4.02. The molecule has 3 N–H and O–H groups in total. The number of primary amides is 1. The number of ether oxygens (including phenoxy) is 2. The van der Waals surface area contributed by atoms with E-state index >= 15 is 0 Å². The zero-order valence-electron chi connectivity index (χ0n) is 21.6. The van der Waals surface area contributed by atoms with Crippen molar-refractivity contribution in [1.82, 2.24) is 10.2 Å². The van der Waals surface area contributed by atoms with Gasteiger partial charge in [0, 0.05) is 13.1 Å². The van der Waals surface area contributed by atoms with Gasteiger partial charge in [-0.15, -0.1) is 0 Å². The minimum Gasteiger partial charge on any atom is -0.446 e. The van der Waals surface area contributed by atoms with Crippen LogP contribution in [0.25, 0.3) is 0 Å². The maximum Gasteiger partial charge on any atom is 0.410 e. The molecule has 0 spiro atoms. The molecule has 8 nitrogen and oxygen atoms in total. The van der Waals surface area contributed by atoms with Crippen LogP contribution in [-0.4, -0.2) is 53.3 Å². The Morgan fingerprint density at radius 2 is 1.75 bits per heavy atom. The molecule has 1 unspecified atom stereocenters. The van der Waals surface area contributed by atoms with Crippen molar-refractivity contribution in [3.8, 4) is 0 Å². The number of benzene rings is 1. The van der Waals surface area contributed by atoms with E-state index in [0.29, 0.717) is 31.8 Å². The number of nitrogens with zero attached hydrogens (tertiary/aromatic N) is 1. The molecule has 5 fully saturated rings. The summed E-state index contributed by atoms with van der Waals surface area (Å²) in [7, 11) is 0. The molecule has 1 aromatic carbocycles. The Balaban J connectivity index is 1.27. The molecule has 6 rings (SSSR count). The number of hydrogen-bond donors (Lipinski definition) is 2. The maximum atomic E-state index is 13.4. The molecule has 4 bridgehead atoms. The van der Waals surface area contributed by atoms with Crippen molar-refractivity contribution in [2.45, 2.75) is 83.0 Å². The van der Waals surface area contributed by atoms with Crippen LogP contribution in [0.4, 0.5) is 9.59 Å². The van der Waals surface area contributed by atoms with Gasteiger partial charge in [-0.2, -0.15) is 0 Å². The number of hydrogen-bond acceptors (Lipinski definition) is 5. The summed E-state index contributed by atoms with van der Waals surface area (Å²) in [6.07, 6.45) is 4.58. The normalized spacial score (nSPS) is 34.9. The quantitative estimate of drug-likeness (QED) is 0.638. The molecule has 36 heavy (non-hydrogen) atoms. The molecule has 5 aliphatic rings. The van der Waals surface area contributed by atoms with Gasteiger partial charge in [0.2, 0.25) is 5.91 Å². The van der Waals surface area contributed by atoms with E-state index in [1.807, 2.05) is 51.1 Å². The second-order valence-corrected chi connectivity index (χ2v) is 12.7. The van der Waals surface area contributed by atoms with Gasteiger partial charge in [0.25, 0.3) is 0 Å². The van der Waals surface area contributed by atoms with Crippen LogP contribution < -0.4 is 11.1 Å². The SMILES string of the molecule is CC(C)(C)OC(=O)NC1(Cc2ccccc2)CCN(C(=O)OC2[C@@H]3CC4C[C@@H]2CC(C(N)=O)(C4)C3)C1. The monoisotopic (exact) mass is 497 g/mol. The van der Waals surface area contributed by atoms with Crippen LogP contribution in [0.2, 0.25) is 0 Å². The summed E-state index contributed by atoms with van der Waals surface area (Å²) < 4.78 is 11.7. The van der Waals surface area contributed by atoms with Crippen molar-refractivity contribution in [1.29, 1.82) is 0 Å². The van der Waals surface area contributed by atoms with Crippen molar-refractivity contribution >= 4 is 18.1 Å². The average Bonchev–Trinajstić information content (AvgIpc) is 3.18. The molecular formula is C28H39N3O5. The second kappa shape index (κ2) is 8.96. The molecule has 4 aliphatic carbocycles. The van der Waals surface area contributed by atoms with Crippen LogP contribution >= 0.6 is 0 Å². The lowest BCUT2D eigenvalue weighted by atomic mass is 9.48. The summed E-state index contributed by atoms with van der Waals surface area (Å²) in [5.74, 6) is 0.715. The first-order valence-corrected chi connectivity index (χ1v) is 13.3. The Labute approximate surface area is 213 Å². The minimum absolute atomic E-state index is 0.163. The highest BCUT2D eigenvalue weighted by Crippen LogP contribution is 2.60.